The van der Waals surface area contributed by atoms with Crippen molar-refractivity contribution in [2.24, 2.45) is 0 Å². The largest absolute Gasteiger partial charge is 0.356 e. The molecule has 22 heavy (non-hydrogen) atoms. The molecule has 0 bridgehead atoms. The Hall–Kier alpha value is -2.07. The molecular weight excluding hydrogens is 272 g/mol. The summed E-state index contributed by atoms with van der Waals surface area (Å²) < 4.78 is 0. The first-order chi connectivity index (χ1) is 10.9. The first-order valence-electron chi connectivity index (χ1n) is 8.11. The molecule has 114 valence electrons. The van der Waals surface area contributed by atoms with E-state index in [1.807, 2.05) is 12.3 Å². The van der Waals surface area contributed by atoms with E-state index < -0.39 is 0 Å². The number of hydrogen-bond donors (Lipinski definition) is 1. The van der Waals surface area contributed by atoms with Crippen LogP contribution in [0.15, 0.2) is 48.9 Å². The average molecular weight is 294 g/mol. The molecule has 1 saturated heterocycles. The maximum atomic E-state index is 4.56. The Bertz CT molecular complexity index is 670. The Labute approximate surface area is 131 Å². The molecule has 4 heteroatoms. The Morgan fingerprint density at radius 3 is 2.86 bits per heavy atom. The first-order valence-corrected chi connectivity index (χ1v) is 8.11. The number of pyridine rings is 1. The minimum Gasteiger partial charge on any atom is -0.356 e. The van der Waals surface area contributed by atoms with E-state index in [0.29, 0.717) is 6.04 Å². The lowest BCUT2D eigenvalue weighted by Crippen LogP contribution is -2.41. The lowest BCUT2D eigenvalue weighted by Gasteiger charge is -2.32. The van der Waals surface area contributed by atoms with Gasteiger partial charge < -0.3 is 15.1 Å². The molecule has 4 nitrogen and oxygen atoms in total. The third kappa shape index (κ3) is 2.66. The summed E-state index contributed by atoms with van der Waals surface area (Å²) in [7, 11) is 0. The molecule has 4 rings (SSSR count). The lowest BCUT2D eigenvalue weighted by molar-refractivity contribution is 0.179. The zero-order valence-corrected chi connectivity index (χ0v) is 12.8. The fourth-order valence-corrected chi connectivity index (χ4v) is 3.48. The SMILES string of the molecule is C1=CN(C2CCNCC2)CN1Cc1cccc2cccnc12. The number of nitrogens with one attached hydrogen (secondary N) is 1. The summed E-state index contributed by atoms with van der Waals surface area (Å²) >= 11 is 0. The van der Waals surface area contributed by atoms with Gasteiger partial charge >= 0.3 is 0 Å². The van der Waals surface area contributed by atoms with Crippen LogP contribution in [0.1, 0.15) is 18.4 Å². The summed E-state index contributed by atoms with van der Waals surface area (Å²) in [6.45, 7) is 4.20. The molecule has 0 radical (unpaired) electrons. The molecular formula is C18H22N4. The Kier molecular flexibility index (Phi) is 3.69. The molecule has 2 aliphatic heterocycles. The highest BCUT2D eigenvalue weighted by Crippen LogP contribution is 2.22. The van der Waals surface area contributed by atoms with Crippen molar-refractivity contribution in [2.75, 3.05) is 19.8 Å². The van der Waals surface area contributed by atoms with E-state index in [-0.39, 0.29) is 0 Å². The van der Waals surface area contributed by atoms with Gasteiger partial charge in [0.2, 0.25) is 0 Å². The van der Waals surface area contributed by atoms with Gasteiger partial charge in [-0.1, -0.05) is 24.3 Å². The van der Waals surface area contributed by atoms with Gasteiger partial charge in [-0.15, -0.1) is 0 Å². The van der Waals surface area contributed by atoms with Crippen LogP contribution in [0.2, 0.25) is 0 Å². The second-order valence-corrected chi connectivity index (χ2v) is 6.17. The van der Waals surface area contributed by atoms with Crippen molar-refractivity contribution in [3.63, 3.8) is 0 Å². The number of rotatable bonds is 3. The minimum atomic E-state index is 0.688. The van der Waals surface area contributed by atoms with Crippen LogP contribution in [0, 0.1) is 0 Å². The van der Waals surface area contributed by atoms with Gasteiger partial charge in [0, 0.05) is 36.6 Å². The van der Waals surface area contributed by atoms with Crippen LogP contribution < -0.4 is 5.32 Å². The van der Waals surface area contributed by atoms with Gasteiger partial charge in [-0.05, 0) is 37.6 Å². The van der Waals surface area contributed by atoms with Crippen molar-refractivity contribution in [1.29, 1.82) is 0 Å². The number of para-hydroxylation sites is 1. The van der Waals surface area contributed by atoms with Gasteiger partial charge in [0.05, 0.1) is 12.2 Å². The van der Waals surface area contributed by atoms with Gasteiger partial charge in [0.15, 0.2) is 0 Å². The highest BCUT2D eigenvalue weighted by Gasteiger charge is 2.23. The van der Waals surface area contributed by atoms with Crippen molar-refractivity contribution in [3.05, 3.63) is 54.5 Å². The summed E-state index contributed by atoms with van der Waals surface area (Å²) in [5.41, 5.74) is 2.42. The molecule has 0 unspecified atom stereocenters. The molecule has 2 aliphatic rings. The molecule has 0 spiro atoms. The second-order valence-electron chi connectivity index (χ2n) is 6.17. The number of aromatic nitrogens is 1. The number of hydrogen-bond acceptors (Lipinski definition) is 4. The van der Waals surface area contributed by atoms with E-state index in [9.17, 15) is 0 Å². The van der Waals surface area contributed by atoms with Crippen molar-refractivity contribution < 1.29 is 0 Å². The normalized spacial score (nSPS) is 19.3. The zero-order chi connectivity index (χ0) is 14.8. The molecule has 1 N–H and O–H groups in total. The number of fused-ring (bicyclic) bond motifs is 1. The zero-order valence-electron chi connectivity index (χ0n) is 12.8. The highest BCUT2D eigenvalue weighted by atomic mass is 15.4. The van der Waals surface area contributed by atoms with E-state index in [0.717, 1.165) is 31.8 Å². The summed E-state index contributed by atoms with van der Waals surface area (Å²) in [6.07, 6.45) is 8.85. The van der Waals surface area contributed by atoms with Crippen molar-refractivity contribution in [3.8, 4) is 0 Å². The van der Waals surface area contributed by atoms with Crippen LogP contribution in [-0.2, 0) is 6.54 Å². The van der Waals surface area contributed by atoms with E-state index >= 15 is 0 Å². The lowest BCUT2D eigenvalue weighted by atomic mass is 10.1. The van der Waals surface area contributed by atoms with Crippen LogP contribution in [0.5, 0.6) is 0 Å². The van der Waals surface area contributed by atoms with Crippen LogP contribution in [0.25, 0.3) is 10.9 Å². The molecule has 2 aromatic rings. The predicted molar refractivity (Wildman–Crippen MR) is 89.0 cm³/mol. The van der Waals surface area contributed by atoms with Gasteiger partial charge in [-0.2, -0.15) is 0 Å². The molecule has 0 amide bonds. The second kappa shape index (κ2) is 5.97. The molecule has 0 atom stereocenters. The van der Waals surface area contributed by atoms with Crippen molar-refractivity contribution in [1.82, 2.24) is 20.1 Å². The fourth-order valence-electron chi connectivity index (χ4n) is 3.48. The Morgan fingerprint density at radius 2 is 1.95 bits per heavy atom. The van der Waals surface area contributed by atoms with E-state index in [1.165, 1.54) is 23.8 Å². The van der Waals surface area contributed by atoms with Crippen molar-refractivity contribution >= 4 is 10.9 Å². The average Bonchev–Trinajstić information content (AvgIpc) is 3.05. The molecule has 0 saturated carbocycles. The van der Waals surface area contributed by atoms with Gasteiger partial charge in [0.1, 0.15) is 0 Å². The third-order valence-corrected chi connectivity index (χ3v) is 4.68. The quantitative estimate of drug-likeness (QED) is 0.942. The summed E-state index contributed by atoms with van der Waals surface area (Å²) in [5, 5.41) is 4.66. The Morgan fingerprint density at radius 1 is 1.09 bits per heavy atom. The number of nitrogens with zero attached hydrogens (tertiary/aromatic N) is 3. The number of piperidine rings is 1. The summed E-state index contributed by atoms with van der Waals surface area (Å²) in [6, 6.07) is 11.3. The first kappa shape index (κ1) is 13.6. The predicted octanol–water partition coefficient (Wildman–Crippen LogP) is 2.53. The Balaban J connectivity index is 1.47. The maximum absolute atomic E-state index is 4.56. The van der Waals surface area contributed by atoms with Gasteiger partial charge in [-0.25, -0.2) is 0 Å². The fraction of sp³-hybridized carbons (Fsp3) is 0.389. The highest BCUT2D eigenvalue weighted by molar-refractivity contribution is 5.81. The van der Waals surface area contributed by atoms with Crippen LogP contribution >= 0.6 is 0 Å². The molecule has 1 fully saturated rings. The monoisotopic (exact) mass is 294 g/mol. The van der Waals surface area contributed by atoms with Gasteiger partial charge in [-0.3, -0.25) is 4.98 Å². The topological polar surface area (TPSA) is 31.4 Å². The summed E-state index contributed by atoms with van der Waals surface area (Å²) in [5.74, 6) is 0. The van der Waals surface area contributed by atoms with E-state index in [4.69, 9.17) is 0 Å². The van der Waals surface area contributed by atoms with Crippen LogP contribution in [0.3, 0.4) is 0 Å². The number of benzene rings is 1. The molecule has 1 aromatic heterocycles. The minimum absolute atomic E-state index is 0.688. The smallest absolute Gasteiger partial charge is 0.0900 e. The molecule has 0 aliphatic carbocycles. The third-order valence-electron chi connectivity index (χ3n) is 4.68. The van der Waals surface area contributed by atoms with Gasteiger partial charge in [0.25, 0.3) is 0 Å². The van der Waals surface area contributed by atoms with Crippen LogP contribution in [-0.4, -0.2) is 40.6 Å². The van der Waals surface area contributed by atoms with Crippen molar-refractivity contribution in [2.45, 2.75) is 25.4 Å². The van der Waals surface area contributed by atoms with E-state index in [2.05, 4.69) is 56.8 Å². The molecule has 1 aromatic carbocycles. The van der Waals surface area contributed by atoms with E-state index in [1.54, 1.807) is 0 Å². The molecule has 3 heterocycles. The van der Waals surface area contributed by atoms with Crippen LogP contribution in [0.4, 0.5) is 0 Å². The summed E-state index contributed by atoms with van der Waals surface area (Å²) in [4.78, 5) is 9.43. The standard InChI is InChI=1S/C18H22N4/c1-3-15-5-2-8-20-18(15)16(4-1)13-21-11-12-22(14-21)17-6-9-19-10-7-17/h1-5,8,11-12,17,19H,6-7,9-10,13-14H2. The maximum Gasteiger partial charge on any atom is 0.0900 e.